The molecule has 0 aliphatic heterocycles. The number of alkyl halides is 2. The van der Waals surface area contributed by atoms with Crippen LogP contribution in [-0.2, 0) is 4.33 Å². The lowest BCUT2D eigenvalue weighted by Crippen LogP contribution is -2.12. The molecule has 0 aliphatic rings. The lowest BCUT2D eigenvalue weighted by Gasteiger charge is -2.21. The van der Waals surface area contributed by atoms with E-state index in [0.717, 1.165) is 22.4 Å². The quantitative estimate of drug-likeness (QED) is 0.749. The van der Waals surface area contributed by atoms with Crippen LogP contribution < -0.4 is 4.74 Å². The maximum Gasteiger partial charge on any atom is 0.168 e. The van der Waals surface area contributed by atoms with Crippen molar-refractivity contribution in [2.45, 2.75) is 4.33 Å². The summed E-state index contributed by atoms with van der Waals surface area (Å²) in [5.74, 6) is 0.726. The highest BCUT2D eigenvalue weighted by Crippen LogP contribution is 2.41. The summed E-state index contributed by atoms with van der Waals surface area (Å²) >= 11 is 12.9. The normalized spacial score (nSPS) is 11.3. The van der Waals surface area contributed by atoms with Gasteiger partial charge >= 0.3 is 0 Å². The molecule has 0 unspecified atom stereocenters. The maximum atomic E-state index is 6.47. The van der Waals surface area contributed by atoms with Crippen LogP contribution in [0.1, 0.15) is 16.7 Å². The molecule has 93 valence electrons. The molecule has 3 heteroatoms. The van der Waals surface area contributed by atoms with E-state index in [-0.39, 0.29) is 0 Å². The van der Waals surface area contributed by atoms with E-state index in [4.69, 9.17) is 27.9 Å². The first-order valence-electron chi connectivity index (χ1n) is 5.49. The summed E-state index contributed by atoms with van der Waals surface area (Å²) in [6.07, 6.45) is 0. The van der Waals surface area contributed by atoms with Gasteiger partial charge in [-0.05, 0) is 35.7 Å². The van der Waals surface area contributed by atoms with E-state index in [1.54, 1.807) is 7.11 Å². The average Bonchev–Trinajstić information content (AvgIpc) is 2.39. The smallest absolute Gasteiger partial charge is 0.168 e. The molecule has 0 N–H and O–H groups in total. The Balaban J connectivity index is 2.46. The monoisotopic (exact) mass is 279 g/mol. The topological polar surface area (TPSA) is 9.23 Å². The average molecular weight is 280 g/mol. The van der Waals surface area contributed by atoms with E-state index in [1.165, 1.54) is 0 Å². The Kier molecular flexibility index (Phi) is 3.84. The predicted octanol–water partition coefficient (Wildman–Crippen LogP) is 4.56. The van der Waals surface area contributed by atoms with Crippen LogP contribution in [0.5, 0.6) is 5.75 Å². The molecule has 0 saturated heterocycles. The van der Waals surface area contributed by atoms with Gasteiger partial charge in [0.2, 0.25) is 0 Å². The van der Waals surface area contributed by atoms with Crippen LogP contribution in [0.25, 0.3) is 0 Å². The molecule has 0 atom stereocenters. The Labute approximate surface area is 117 Å². The lowest BCUT2D eigenvalue weighted by molar-refractivity contribution is 0.414. The first-order chi connectivity index (χ1) is 8.54. The largest absolute Gasteiger partial charge is 0.497 e. The fourth-order valence-corrected chi connectivity index (χ4v) is 2.22. The van der Waals surface area contributed by atoms with Gasteiger partial charge in [0, 0.05) is 0 Å². The van der Waals surface area contributed by atoms with Crippen molar-refractivity contribution >= 4 is 23.2 Å². The number of methoxy groups -OCH3 is 1. The Morgan fingerprint density at radius 1 is 1.00 bits per heavy atom. The van der Waals surface area contributed by atoms with Crippen molar-refractivity contribution in [3.63, 3.8) is 0 Å². The lowest BCUT2D eigenvalue weighted by atomic mass is 10.0. The van der Waals surface area contributed by atoms with Gasteiger partial charge in [0.05, 0.1) is 7.11 Å². The van der Waals surface area contributed by atoms with Crippen molar-refractivity contribution < 1.29 is 4.74 Å². The Bertz CT molecular complexity index is 550. The van der Waals surface area contributed by atoms with Crippen LogP contribution in [0.2, 0.25) is 0 Å². The number of halogens is 2. The summed E-state index contributed by atoms with van der Waals surface area (Å²) in [6, 6.07) is 15.0. The van der Waals surface area contributed by atoms with Gasteiger partial charge in [-0.25, -0.2) is 0 Å². The van der Waals surface area contributed by atoms with Crippen LogP contribution in [0.3, 0.4) is 0 Å². The van der Waals surface area contributed by atoms with Crippen LogP contribution in [0, 0.1) is 6.92 Å². The first-order valence-corrected chi connectivity index (χ1v) is 6.24. The van der Waals surface area contributed by atoms with Crippen molar-refractivity contribution in [2.24, 2.45) is 0 Å². The summed E-state index contributed by atoms with van der Waals surface area (Å²) in [5, 5.41) is 0. The van der Waals surface area contributed by atoms with Gasteiger partial charge in [-0.2, -0.15) is 0 Å². The molecule has 2 aromatic carbocycles. The molecule has 0 aliphatic carbocycles. The van der Waals surface area contributed by atoms with Crippen LogP contribution >= 0.6 is 23.2 Å². The van der Waals surface area contributed by atoms with Gasteiger partial charge in [-0.15, -0.1) is 0 Å². The minimum absolute atomic E-state index is 0.726. The van der Waals surface area contributed by atoms with Crippen LogP contribution in [0.4, 0.5) is 0 Å². The van der Waals surface area contributed by atoms with Crippen molar-refractivity contribution in [1.82, 2.24) is 0 Å². The highest BCUT2D eigenvalue weighted by atomic mass is 35.5. The van der Waals surface area contributed by atoms with Gasteiger partial charge < -0.3 is 4.74 Å². The number of benzene rings is 2. The highest BCUT2D eigenvalue weighted by molar-refractivity contribution is 6.50. The molecule has 0 spiro atoms. The zero-order valence-electron chi connectivity index (χ0n) is 9.99. The van der Waals surface area contributed by atoms with Gasteiger partial charge in [-0.3, -0.25) is 0 Å². The Hall–Kier alpha value is -1.18. The number of rotatable bonds is 3. The number of hydrogen-bond acceptors (Lipinski definition) is 1. The summed E-state index contributed by atoms with van der Waals surface area (Å²) in [7, 11) is 1.61. The van der Waals surface area contributed by atoms with E-state index < -0.39 is 4.33 Å². The molecule has 0 amide bonds. The molecule has 0 bridgehead atoms. The molecule has 2 rings (SSSR count). The summed E-state index contributed by atoms with van der Waals surface area (Å²) in [6.45, 7) is 3.88. The fraction of sp³-hybridized carbons (Fsp3) is 0.133. The molecular formula is C15H13Cl2O. The molecule has 0 saturated carbocycles. The predicted molar refractivity (Wildman–Crippen MR) is 76.4 cm³/mol. The molecule has 2 aromatic rings. The third-order valence-corrected chi connectivity index (χ3v) is 3.59. The second-order valence-corrected chi connectivity index (χ2v) is 5.33. The Morgan fingerprint density at radius 2 is 1.61 bits per heavy atom. The summed E-state index contributed by atoms with van der Waals surface area (Å²) in [4.78, 5) is 0. The van der Waals surface area contributed by atoms with Crippen LogP contribution in [0.15, 0.2) is 48.5 Å². The van der Waals surface area contributed by atoms with Gasteiger partial charge in [-0.1, -0.05) is 59.6 Å². The third-order valence-electron chi connectivity index (χ3n) is 2.72. The molecule has 0 heterocycles. The van der Waals surface area contributed by atoms with Crippen LogP contribution in [-0.4, -0.2) is 7.11 Å². The number of ether oxygens (including phenoxy) is 1. The highest BCUT2D eigenvalue weighted by Gasteiger charge is 2.29. The van der Waals surface area contributed by atoms with Crippen molar-refractivity contribution in [1.29, 1.82) is 0 Å². The minimum atomic E-state index is -1.11. The van der Waals surface area contributed by atoms with E-state index in [9.17, 15) is 0 Å². The first kappa shape index (κ1) is 13.3. The maximum absolute atomic E-state index is 6.47. The van der Waals surface area contributed by atoms with Crippen molar-refractivity contribution in [2.75, 3.05) is 7.11 Å². The van der Waals surface area contributed by atoms with E-state index in [0.29, 0.717) is 0 Å². The molecule has 0 fully saturated rings. The van der Waals surface area contributed by atoms with Crippen molar-refractivity contribution in [3.8, 4) is 5.75 Å². The molecule has 0 aromatic heterocycles. The standard InChI is InChI=1S/C15H13Cl2O/c1-11-5-3-6-12(9-11)15(16,17)13-7-4-8-14(10-13)18-2/h3-10H,1H2,2H3. The third kappa shape index (κ3) is 2.63. The fourth-order valence-electron chi connectivity index (χ4n) is 1.75. The van der Waals surface area contributed by atoms with Crippen molar-refractivity contribution in [3.05, 3.63) is 72.1 Å². The van der Waals surface area contributed by atoms with Gasteiger partial charge in [0.15, 0.2) is 4.33 Å². The molecule has 18 heavy (non-hydrogen) atoms. The van der Waals surface area contributed by atoms with Gasteiger partial charge in [0.25, 0.3) is 0 Å². The second kappa shape index (κ2) is 5.21. The second-order valence-electron chi connectivity index (χ2n) is 4.01. The van der Waals surface area contributed by atoms with E-state index in [1.807, 2.05) is 48.5 Å². The zero-order valence-corrected chi connectivity index (χ0v) is 11.5. The van der Waals surface area contributed by atoms with E-state index in [2.05, 4.69) is 6.92 Å². The summed E-state index contributed by atoms with van der Waals surface area (Å²) < 4.78 is 4.07. The zero-order chi connectivity index (χ0) is 13.2. The minimum Gasteiger partial charge on any atom is -0.497 e. The molecular weight excluding hydrogens is 267 g/mol. The van der Waals surface area contributed by atoms with Gasteiger partial charge in [0.1, 0.15) is 5.75 Å². The molecule has 1 nitrogen and oxygen atoms in total. The molecule has 1 radical (unpaired) electrons. The SMILES string of the molecule is [CH2]c1cccc(C(Cl)(Cl)c2cccc(OC)c2)c1. The summed E-state index contributed by atoms with van der Waals surface area (Å²) in [5.41, 5.74) is 2.45. The number of hydrogen-bond donors (Lipinski definition) is 0. The van der Waals surface area contributed by atoms with E-state index >= 15 is 0 Å². The Morgan fingerprint density at radius 3 is 2.22 bits per heavy atom.